The van der Waals surface area contributed by atoms with Crippen LogP contribution in [0.3, 0.4) is 0 Å². The Morgan fingerprint density at radius 2 is 2.12 bits per heavy atom. The van der Waals surface area contributed by atoms with Gasteiger partial charge < -0.3 is 0 Å². The molecule has 1 aromatic rings. The number of nitro groups is 1. The Labute approximate surface area is 90.0 Å². The fraction of sp³-hybridized carbons (Fsp3) is 0.143. The van der Waals surface area contributed by atoms with E-state index in [9.17, 15) is 22.9 Å². The lowest BCUT2D eigenvalue weighted by Crippen LogP contribution is -2.23. The molecule has 0 saturated carbocycles. The summed E-state index contributed by atoms with van der Waals surface area (Å²) in [4.78, 5) is 14.4. The third-order valence-corrected chi connectivity index (χ3v) is 2.89. The molecule has 0 aliphatic rings. The van der Waals surface area contributed by atoms with Crippen molar-refractivity contribution in [1.29, 1.82) is 0 Å². The van der Waals surface area contributed by atoms with Crippen LogP contribution in [0.1, 0.15) is 0 Å². The van der Waals surface area contributed by atoms with Crippen molar-refractivity contribution >= 4 is 15.7 Å². The predicted molar refractivity (Wildman–Crippen MR) is 50.4 cm³/mol. The van der Waals surface area contributed by atoms with Crippen molar-refractivity contribution in [3.8, 4) is 0 Å². The van der Waals surface area contributed by atoms with Crippen LogP contribution in [0.5, 0.6) is 0 Å². The van der Waals surface area contributed by atoms with Gasteiger partial charge in [-0.25, -0.2) is 12.8 Å². The summed E-state index contributed by atoms with van der Waals surface area (Å²) in [7, 11) is -3.23. The highest BCUT2D eigenvalue weighted by atomic mass is 32.2. The summed E-state index contributed by atoms with van der Waals surface area (Å²) in [6.45, 7) is 0. The summed E-state index contributed by atoms with van der Waals surface area (Å²) in [5, 5.41) is 10.4. The zero-order chi connectivity index (χ0) is 12.3. The summed E-state index contributed by atoms with van der Waals surface area (Å²) in [6, 6.07) is 2.17. The molecule has 0 radical (unpaired) electrons. The van der Waals surface area contributed by atoms with E-state index in [0.717, 1.165) is 13.2 Å². The monoisotopic (exact) mass is 250 g/mol. The minimum Gasteiger partial charge on any atom is -0.290 e. The van der Waals surface area contributed by atoms with Gasteiger partial charge in [-0.2, -0.15) is 0 Å². The number of hydrogen-bond acceptors (Lipinski definition) is 5. The van der Waals surface area contributed by atoms with Gasteiger partial charge in [-0.15, -0.1) is 0 Å². The van der Waals surface area contributed by atoms with Crippen molar-refractivity contribution < 1.29 is 22.6 Å². The molecule has 0 fully saturated rings. The molecule has 7 nitrogen and oxygen atoms in total. The molecule has 0 amide bonds. The first kappa shape index (κ1) is 12.5. The van der Waals surface area contributed by atoms with E-state index in [1.54, 1.807) is 4.89 Å². The number of nitrogens with zero attached hydrogens (tertiary/aromatic N) is 1. The van der Waals surface area contributed by atoms with Gasteiger partial charge in [0.05, 0.1) is 12.0 Å². The topological polar surface area (TPSA) is 98.5 Å². The zero-order valence-electron chi connectivity index (χ0n) is 8.01. The van der Waals surface area contributed by atoms with E-state index in [2.05, 4.69) is 4.84 Å². The van der Waals surface area contributed by atoms with Crippen LogP contribution in [0.2, 0.25) is 0 Å². The molecule has 0 unspecified atom stereocenters. The molecular formula is C7H7FN2O5S. The van der Waals surface area contributed by atoms with Crippen LogP contribution < -0.4 is 4.89 Å². The van der Waals surface area contributed by atoms with Crippen LogP contribution in [0.4, 0.5) is 10.1 Å². The molecule has 0 saturated heterocycles. The number of non-ortho nitro benzene ring substituents is 1. The summed E-state index contributed by atoms with van der Waals surface area (Å²) in [5.74, 6) is -1.10. The lowest BCUT2D eigenvalue weighted by Gasteiger charge is -2.04. The average Bonchev–Trinajstić information content (AvgIpc) is 2.17. The van der Waals surface area contributed by atoms with Crippen molar-refractivity contribution in [2.75, 3.05) is 7.11 Å². The molecule has 16 heavy (non-hydrogen) atoms. The summed E-state index contributed by atoms with van der Waals surface area (Å²) in [5.41, 5.74) is -0.530. The number of hydrogen-bond donors (Lipinski definition) is 1. The minimum absolute atomic E-state index is 0.530. The van der Waals surface area contributed by atoms with Crippen molar-refractivity contribution in [3.63, 3.8) is 0 Å². The average molecular weight is 250 g/mol. The Morgan fingerprint density at radius 3 is 2.62 bits per heavy atom. The molecule has 0 atom stereocenters. The molecule has 1 N–H and O–H groups in total. The van der Waals surface area contributed by atoms with Crippen LogP contribution in [-0.4, -0.2) is 20.5 Å². The van der Waals surface area contributed by atoms with Gasteiger partial charge in [-0.3, -0.25) is 15.0 Å². The van der Waals surface area contributed by atoms with E-state index < -0.39 is 31.3 Å². The second kappa shape index (κ2) is 4.51. The standard InChI is InChI=1S/C7H7FN2O5S/c1-15-9-16(13,14)7-4-5(10(11)12)2-3-6(7)8/h2-4,9H,1H3. The van der Waals surface area contributed by atoms with E-state index in [4.69, 9.17) is 0 Å². The highest BCUT2D eigenvalue weighted by Crippen LogP contribution is 2.20. The van der Waals surface area contributed by atoms with Crippen LogP contribution in [0, 0.1) is 15.9 Å². The largest absolute Gasteiger partial charge is 0.290 e. The summed E-state index contributed by atoms with van der Waals surface area (Å²) in [6.07, 6.45) is 0. The molecule has 0 heterocycles. The summed E-state index contributed by atoms with van der Waals surface area (Å²) >= 11 is 0. The lowest BCUT2D eigenvalue weighted by atomic mass is 10.3. The van der Waals surface area contributed by atoms with Crippen molar-refractivity contribution in [2.45, 2.75) is 4.90 Å². The van der Waals surface area contributed by atoms with Crippen LogP contribution in [0.15, 0.2) is 23.1 Å². The van der Waals surface area contributed by atoms with Gasteiger partial charge in [0, 0.05) is 12.1 Å². The molecule has 9 heteroatoms. The summed E-state index contributed by atoms with van der Waals surface area (Å²) < 4.78 is 35.8. The van der Waals surface area contributed by atoms with Crippen molar-refractivity contribution in [1.82, 2.24) is 4.89 Å². The van der Waals surface area contributed by atoms with E-state index >= 15 is 0 Å². The number of nitro benzene ring substituents is 1. The molecule has 0 spiro atoms. The van der Waals surface area contributed by atoms with Crippen LogP contribution in [0.25, 0.3) is 0 Å². The first-order chi connectivity index (χ1) is 7.38. The van der Waals surface area contributed by atoms with E-state index in [1.165, 1.54) is 0 Å². The smallest absolute Gasteiger partial charge is 0.270 e. The molecule has 0 aliphatic carbocycles. The first-order valence-corrected chi connectivity index (χ1v) is 5.35. The highest BCUT2D eigenvalue weighted by molar-refractivity contribution is 7.89. The van der Waals surface area contributed by atoms with Crippen molar-refractivity contribution in [3.05, 3.63) is 34.1 Å². The van der Waals surface area contributed by atoms with Gasteiger partial charge in [0.15, 0.2) is 0 Å². The van der Waals surface area contributed by atoms with Gasteiger partial charge in [0.25, 0.3) is 15.7 Å². The fourth-order valence-electron chi connectivity index (χ4n) is 0.966. The first-order valence-electron chi connectivity index (χ1n) is 3.87. The van der Waals surface area contributed by atoms with E-state index in [1.807, 2.05) is 0 Å². The number of halogens is 1. The molecule has 1 rings (SSSR count). The Morgan fingerprint density at radius 1 is 1.50 bits per heavy atom. The maximum absolute atomic E-state index is 13.2. The second-order valence-electron chi connectivity index (χ2n) is 2.66. The maximum atomic E-state index is 13.2. The fourth-order valence-corrected chi connectivity index (χ4v) is 1.88. The Hall–Kier alpha value is -1.58. The molecule has 0 aliphatic heterocycles. The number of nitrogens with one attached hydrogen (secondary N) is 1. The zero-order valence-corrected chi connectivity index (χ0v) is 8.82. The minimum atomic E-state index is -4.25. The Bertz CT molecular complexity index is 516. The van der Waals surface area contributed by atoms with E-state index in [-0.39, 0.29) is 0 Å². The maximum Gasteiger partial charge on any atom is 0.270 e. The van der Waals surface area contributed by atoms with Gasteiger partial charge in [-0.05, 0) is 6.07 Å². The molecule has 88 valence electrons. The number of sulfonamides is 1. The SMILES string of the molecule is CONS(=O)(=O)c1cc([N+](=O)[O-])ccc1F. The van der Waals surface area contributed by atoms with Crippen LogP contribution >= 0.6 is 0 Å². The molecular weight excluding hydrogens is 243 g/mol. The third-order valence-electron chi connectivity index (χ3n) is 1.61. The van der Waals surface area contributed by atoms with Gasteiger partial charge in [0.1, 0.15) is 10.7 Å². The quantitative estimate of drug-likeness (QED) is 0.622. The van der Waals surface area contributed by atoms with Gasteiger partial charge in [0.2, 0.25) is 0 Å². The van der Waals surface area contributed by atoms with Gasteiger partial charge >= 0.3 is 0 Å². The van der Waals surface area contributed by atoms with Crippen molar-refractivity contribution in [2.24, 2.45) is 0 Å². The lowest BCUT2D eigenvalue weighted by molar-refractivity contribution is -0.385. The second-order valence-corrected chi connectivity index (χ2v) is 4.28. The molecule has 1 aromatic carbocycles. The molecule has 0 bridgehead atoms. The van der Waals surface area contributed by atoms with E-state index in [0.29, 0.717) is 12.1 Å². The molecule has 0 aromatic heterocycles. The highest BCUT2D eigenvalue weighted by Gasteiger charge is 2.22. The van der Waals surface area contributed by atoms with Gasteiger partial charge in [-0.1, -0.05) is 4.89 Å². The normalized spacial score (nSPS) is 11.4. The van der Waals surface area contributed by atoms with Crippen LogP contribution in [-0.2, 0) is 14.9 Å². The number of rotatable bonds is 4. The number of benzene rings is 1. The predicted octanol–water partition coefficient (Wildman–Crippen LogP) is 0.574. The third kappa shape index (κ3) is 2.51. The Kier molecular flexibility index (Phi) is 3.52. The Balaban J connectivity index is 3.33.